The van der Waals surface area contributed by atoms with Crippen molar-refractivity contribution in [3.8, 4) is 0 Å². The van der Waals surface area contributed by atoms with Crippen LogP contribution in [0.15, 0.2) is 65.8 Å². The Labute approximate surface area is 184 Å². The first-order valence-electron chi connectivity index (χ1n) is 9.36. The molecular weight excluding hydrogens is 419 g/mol. The predicted molar refractivity (Wildman–Crippen MR) is 121 cm³/mol. The maximum absolute atomic E-state index is 13.9. The molecule has 0 aromatic heterocycles. The third-order valence-corrected chi connectivity index (χ3v) is 4.73. The first-order valence-corrected chi connectivity index (χ1v) is 9.74. The summed E-state index contributed by atoms with van der Waals surface area (Å²) >= 11 is 6.04. The van der Waals surface area contributed by atoms with Crippen molar-refractivity contribution in [2.45, 2.75) is 13.8 Å². The summed E-state index contributed by atoms with van der Waals surface area (Å²) in [5, 5.41) is 9.73. The molecule has 0 aliphatic rings. The van der Waals surface area contributed by atoms with E-state index in [0.717, 1.165) is 11.1 Å². The number of hydrogen-bond acceptors (Lipinski definition) is 4. The van der Waals surface area contributed by atoms with Crippen molar-refractivity contribution in [3.05, 3.63) is 88.2 Å². The topological polar surface area (TPSA) is 82.6 Å². The number of hydrazone groups is 1. The Balaban J connectivity index is 1.67. The summed E-state index contributed by atoms with van der Waals surface area (Å²) in [4.78, 5) is 24.1. The summed E-state index contributed by atoms with van der Waals surface area (Å²) in [6, 6.07) is 16.4. The molecule has 0 fully saturated rings. The first-order chi connectivity index (χ1) is 14.8. The highest BCUT2D eigenvalue weighted by molar-refractivity contribution is 6.39. The molecule has 0 aliphatic carbocycles. The van der Waals surface area contributed by atoms with E-state index in [9.17, 15) is 14.0 Å². The van der Waals surface area contributed by atoms with Crippen molar-refractivity contribution < 1.29 is 14.0 Å². The van der Waals surface area contributed by atoms with E-state index in [1.807, 2.05) is 19.9 Å². The smallest absolute Gasteiger partial charge is 0.329 e. The summed E-state index contributed by atoms with van der Waals surface area (Å²) in [5.74, 6) is -2.20. The molecular formula is C23H20ClFN4O2. The summed E-state index contributed by atoms with van der Waals surface area (Å²) in [6.45, 7) is 3.86. The van der Waals surface area contributed by atoms with Crippen LogP contribution in [0.3, 0.4) is 0 Å². The highest BCUT2D eigenvalue weighted by atomic mass is 35.5. The van der Waals surface area contributed by atoms with Crippen LogP contribution in [-0.4, -0.2) is 18.0 Å². The van der Waals surface area contributed by atoms with Gasteiger partial charge < -0.3 is 10.6 Å². The number of rotatable bonds is 5. The molecule has 158 valence electrons. The third-order valence-electron chi connectivity index (χ3n) is 4.50. The zero-order valence-electron chi connectivity index (χ0n) is 16.9. The maximum Gasteiger partial charge on any atom is 0.329 e. The normalized spacial score (nSPS) is 10.7. The molecule has 8 heteroatoms. The fourth-order valence-electron chi connectivity index (χ4n) is 2.68. The molecule has 31 heavy (non-hydrogen) atoms. The lowest BCUT2D eigenvalue weighted by Gasteiger charge is -2.11. The molecule has 3 aromatic carbocycles. The average molecular weight is 439 g/mol. The number of nitrogens with zero attached hydrogens (tertiary/aromatic N) is 1. The van der Waals surface area contributed by atoms with Crippen LogP contribution in [0.2, 0.25) is 5.02 Å². The zero-order valence-corrected chi connectivity index (χ0v) is 17.6. The van der Waals surface area contributed by atoms with Crippen LogP contribution in [0.5, 0.6) is 0 Å². The Hall–Kier alpha value is -3.71. The number of para-hydroxylation sites is 1. The van der Waals surface area contributed by atoms with Gasteiger partial charge in [0.2, 0.25) is 0 Å². The van der Waals surface area contributed by atoms with E-state index >= 15 is 0 Å². The minimum Gasteiger partial charge on any atom is -0.353 e. The van der Waals surface area contributed by atoms with Crippen molar-refractivity contribution >= 4 is 46.7 Å². The van der Waals surface area contributed by atoms with Gasteiger partial charge in [0.1, 0.15) is 5.82 Å². The molecule has 0 radical (unpaired) electrons. The second-order valence-electron chi connectivity index (χ2n) is 6.79. The summed E-state index contributed by atoms with van der Waals surface area (Å²) in [5.41, 5.74) is 6.04. The van der Waals surface area contributed by atoms with Crippen molar-refractivity contribution in [2.75, 3.05) is 10.6 Å². The Bertz CT molecular complexity index is 1160. The Morgan fingerprint density at radius 3 is 2.45 bits per heavy atom. The predicted octanol–water partition coefficient (Wildman–Crippen LogP) is 4.93. The van der Waals surface area contributed by atoms with Gasteiger partial charge in [-0.3, -0.25) is 9.59 Å². The number of nitrogens with one attached hydrogen (secondary N) is 3. The lowest BCUT2D eigenvalue weighted by atomic mass is 10.1. The van der Waals surface area contributed by atoms with Gasteiger partial charge in [-0.05, 0) is 67.4 Å². The van der Waals surface area contributed by atoms with Gasteiger partial charge in [-0.15, -0.1) is 0 Å². The maximum atomic E-state index is 13.9. The van der Waals surface area contributed by atoms with Gasteiger partial charge >= 0.3 is 11.8 Å². The molecule has 0 heterocycles. The van der Waals surface area contributed by atoms with E-state index in [2.05, 4.69) is 21.2 Å². The van der Waals surface area contributed by atoms with Crippen LogP contribution in [0, 0.1) is 19.7 Å². The minimum absolute atomic E-state index is 0.274. The van der Waals surface area contributed by atoms with Crippen LogP contribution in [0.25, 0.3) is 0 Å². The molecule has 3 N–H and O–H groups in total. The highest BCUT2D eigenvalue weighted by Crippen LogP contribution is 2.24. The standard InChI is InChI=1S/C23H20ClFN4O2/c1-14-7-9-18(11-15(14)2)27-22(30)23(31)29-26-13-16-12-17(24)8-10-20(16)28-21-6-4-3-5-19(21)25/h3-13,28H,1-2H3,(H,27,30)(H,29,31)/b26-13-. The number of benzene rings is 3. The number of carbonyl (C=O) groups excluding carboxylic acids is 2. The Kier molecular flexibility index (Phi) is 6.99. The van der Waals surface area contributed by atoms with E-state index in [1.54, 1.807) is 48.5 Å². The van der Waals surface area contributed by atoms with Crippen molar-refractivity contribution in [2.24, 2.45) is 5.10 Å². The highest BCUT2D eigenvalue weighted by Gasteiger charge is 2.13. The van der Waals surface area contributed by atoms with Gasteiger partial charge in [-0.1, -0.05) is 29.8 Å². The fraction of sp³-hybridized carbons (Fsp3) is 0.0870. The van der Waals surface area contributed by atoms with Crippen molar-refractivity contribution in [1.82, 2.24) is 5.43 Å². The quantitative estimate of drug-likeness (QED) is 0.300. The second-order valence-corrected chi connectivity index (χ2v) is 7.23. The second kappa shape index (κ2) is 9.86. The van der Waals surface area contributed by atoms with Gasteiger partial charge in [0.25, 0.3) is 0 Å². The molecule has 0 aliphatic heterocycles. The molecule has 0 atom stereocenters. The van der Waals surface area contributed by atoms with Crippen LogP contribution >= 0.6 is 11.6 Å². The SMILES string of the molecule is Cc1ccc(NC(=O)C(=O)N/N=C\c2cc(Cl)ccc2Nc2ccccc2F)cc1C. The monoisotopic (exact) mass is 438 g/mol. The zero-order chi connectivity index (χ0) is 22.4. The minimum atomic E-state index is -0.930. The van der Waals surface area contributed by atoms with Crippen LogP contribution in [0.1, 0.15) is 16.7 Å². The van der Waals surface area contributed by atoms with Crippen molar-refractivity contribution in [1.29, 1.82) is 0 Å². The van der Waals surface area contributed by atoms with Crippen LogP contribution in [-0.2, 0) is 9.59 Å². The molecule has 0 spiro atoms. The molecule has 3 rings (SSSR count). The number of anilines is 3. The summed E-state index contributed by atoms with van der Waals surface area (Å²) in [6.07, 6.45) is 1.32. The summed E-state index contributed by atoms with van der Waals surface area (Å²) in [7, 11) is 0. The van der Waals surface area contributed by atoms with E-state index in [-0.39, 0.29) is 5.69 Å². The number of hydrogen-bond donors (Lipinski definition) is 3. The number of amides is 2. The Morgan fingerprint density at radius 2 is 1.71 bits per heavy atom. The summed E-state index contributed by atoms with van der Waals surface area (Å²) < 4.78 is 13.9. The average Bonchev–Trinajstić information content (AvgIpc) is 2.74. The lowest BCUT2D eigenvalue weighted by Crippen LogP contribution is -2.32. The van der Waals surface area contributed by atoms with E-state index in [1.165, 1.54) is 12.3 Å². The third kappa shape index (κ3) is 5.90. The van der Waals surface area contributed by atoms with Crippen LogP contribution < -0.4 is 16.1 Å². The largest absolute Gasteiger partial charge is 0.353 e. The van der Waals surface area contributed by atoms with E-state index < -0.39 is 17.6 Å². The molecule has 0 bridgehead atoms. The molecule has 0 saturated carbocycles. The van der Waals surface area contributed by atoms with Gasteiger partial charge in [-0.2, -0.15) is 5.10 Å². The molecule has 0 saturated heterocycles. The molecule has 0 unspecified atom stereocenters. The number of aryl methyl sites for hydroxylation is 2. The Morgan fingerprint density at radius 1 is 0.935 bits per heavy atom. The van der Waals surface area contributed by atoms with Gasteiger partial charge in [0.05, 0.1) is 11.9 Å². The van der Waals surface area contributed by atoms with Gasteiger partial charge in [0, 0.05) is 22.0 Å². The van der Waals surface area contributed by atoms with Gasteiger partial charge in [0.15, 0.2) is 0 Å². The number of carbonyl (C=O) groups is 2. The van der Waals surface area contributed by atoms with E-state index in [0.29, 0.717) is 22.0 Å². The molecule has 3 aromatic rings. The van der Waals surface area contributed by atoms with E-state index in [4.69, 9.17) is 11.6 Å². The first kappa shape index (κ1) is 22.0. The molecule has 2 amide bonds. The van der Waals surface area contributed by atoms with Crippen LogP contribution in [0.4, 0.5) is 21.5 Å². The molecule has 6 nitrogen and oxygen atoms in total. The fourth-order valence-corrected chi connectivity index (χ4v) is 2.86. The van der Waals surface area contributed by atoms with Gasteiger partial charge in [-0.25, -0.2) is 9.82 Å². The van der Waals surface area contributed by atoms with Crippen molar-refractivity contribution in [3.63, 3.8) is 0 Å². The lowest BCUT2D eigenvalue weighted by molar-refractivity contribution is -0.136. The number of halogens is 2.